The van der Waals surface area contributed by atoms with E-state index in [2.05, 4.69) is 110 Å². The van der Waals surface area contributed by atoms with E-state index >= 15 is 0 Å². The summed E-state index contributed by atoms with van der Waals surface area (Å²) in [6, 6.07) is 17.0. The average Bonchev–Trinajstić information content (AvgIpc) is 3.43. The molecule has 0 amide bonds. The number of carbonyl (C=O) groups excluding carboxylic acids is 1. The number of carbonyl (C=O) groups is 1. The number of methoxy groups -OCH3 is 4. The van der Waals surface area contributed by atoms with Crippen LogP contribution >= 0.6 is 0 Å². The van der Waals surface area contributed by atoms with Gasteiger partial charge in [0.25, 0.3) is 0 Å². The zero-order chi connectivity index (χ0) is 34.7. The van der Waals surface area contributed by atoms with Gasteiger partial charge in [0.2, 0.25) is 0 Å². The fourth-order valence-electron chi connectivity index (χ4n) is 6.62. The summed E-state index contributed by atoms with van der Waals surface area (Å²) >= 11 is 0. The van der Waals surface area contributed by atoms with Gasteiger partial charge in [0.05, 0.1) is 0 Å². The molecule has 0 spiro atoms. The Balaban J connectivity index is 1.50. The molecule has 256 valence electrons. The molecule has 0 saturated carbocycles. The highest BCUT2D eigenvalue weighted by Crippen LogP contribution is 2.48. The first-order valence-electron chi connectivity index (χ1n) is 16.6. The van der Waals surface area contributed by atoms with E-state index in [4.69, 9.17) is 18.9 Å². The summed E-state index contributed by atoms with van der Waals surface area (Å²) in [6.07, 6.45) is 20.1. The number of allylic oxidation sites excluding steroid dienone is 8. The first-order chi connectivity index (χ1) is 23.1. The van der Waals surface area contributed by atoms with Crippen LogP contribution in [-0.2, 0) is 34.6 Å². The Hall–Kier alpha value is -4.01. The summed E-state index contributed by atoms with van der Waals surface area (Å²) in [5.41, 5.74) is 6.84. The van der Waals surface area contributed by atoms with Crippen molar-refractivity contribution in [1.82, 2.24) is 0 Å². The summed E-state index contributed by atoms with van der Waals surface area (Å²) in [4.78, 5) is 17.7. The molecule has 4 rings (SSSR count). The third-order valence-corrected chi connectivity index (χ3v) is 9.18. The molecule has 0 fully saturated rings. The predicted octanol–water partition coefficient (Wildman–Crippen LogP) is 8.16. The quantitative estimate of drug-likeness (QED) is 0.103. The molecular formula is C41H52N2O5. The van der Waals surface area contributed by atoms with Crippen molar-refractivity contribution in [2.45, 2.75) is 63.9 Å². The molecule has 2 heterocycles. The number of nitrogens with zero attached hydrogens (tertiary/aromatic N) is 2. The van der Waals surface area contributed by atoms with Crippen LogP contribution in [-0.4, -0.2) is 59.9 Å². The van der Waals surface area contributed by atoms with Gasteiger partial charge in [-0.15, -0.1) is 0 Å². The van der Waals surface area contributed by atoms with Gasteiger partial charge in [0, 0.05) is 75.1 Å². The molecule has 0 radical (unpaired) electrons. The van der Waals surface area contributed by atoms with Crippen LogP contribution in [0.4, 0.5) is 11.4 Å². The SMILES string of the molecule is COC(/C=C/CCN1/C(=C/C=C/C(=O)/C=C/C=C2/N(CC/C=C/C(OC)OC)c3ccccc3C2(C)C)C(C)(C)c2ccccc21)OC. The summed E-state index contributed by atoms with van der Waals surface area (Å²) in [5.74, 6) is -0.0651. The molecule has 2 aliphatic heterocycles. The van der Waals surface area contributed by atoms with Gasteiger partial charge >= 0.3 is 0 Å². The third-order valence-electron chi connectivity index (χ3n) is 9.18. The molecule has 48 heavy (non-hydrogen) atoms. The van der Waals surface area contributed by atoms with Gasteiger partial charge in [-0.05, 0) is 72.6 Å². The maximum absolute atomic E-state index is 13.1. The van der Waals surface area contributed by atoms with E-state index < -0.39 is 0 Å². The van der Waals surface area contributed by atoms with Gasteiger partial charge < -0.3 is 28.7 Å². The molecule has 7 nitrogen and oxygen atoms in total. The van der Waals surface area contributed by atoms with Crippen molar-refractivity contribution >= 4 is 17.2 Å². The number of hydrogen-bond acceptors (Lipinski definition) is 7. The van der Waals surface area contributed by atoms with Crippen molar-refractivity contribution < 1.29 is 23.7 Å². The van der Waals surface area contributed by atoms with Crippen LogP contribution in [0.3, 0.4) is 0 Å². The van der Waals surface area contributed by atoms with Crippen molar-refractivity contribution in [2.24, 2.45) is 0 Å². The summed E-state index contributed by atoms with van der Waals surface area (Å²) in [6.45, 7) is 10.5. The predicted molar refractivity (Wildman–Crippen MR) is 196 cm³/mol. The largest absolute Gasteiger partial charge is 0.352 e. The van der Waals surface area contributed by atoms with Crippen molar-refractivity contribution in [3.05, 3.63) is 132 Å². The minimum atomic E-state index is -0.356. The number of hydrogen-bond donors (Lipinski definition) is 0. The monoisotopic (exact) mass is 652 g/mol. The van der Waals surface area contributed by atoms with Gasteiger partial charge in [-0.1, -0.05) is 88.4 Å². The summed E-state index contributed by atoms with van der Waals surface area (Å²) in [7, 11) is 6.52. The number of fused-ring (bicyclic) bond motifs is 2. The minimum Gasteiger partial charge on any atom is -0.352 e. The number of ether oxygens (including phenoxy) is 4. The van der Waals surface area contributed by atoms with E-state index in [1.54, 1.807) is 40.6 Å². The van der Waals surface area contributed by atoms with Crippen LogP contribution in [0.15, 0.2) is 121 Å². The number of anilines is 2. The number of benzene rings is 2. The van der Waals surface area contributed by atoms with Crippen LogP contribution in [0, 0.1) is 0 Å². The molecule has 0 aromatic heterocycles. The Bertz CT molecular complexity index is 1460. The van der Waals surface area contributed by atoms with Crippen molar-refractivity contribution in [3.8, 4) is 0 Å². The molecule has 7 heteroatoms. The van der Waals surface area contributed by atoms with Gasteiger partial charge in [-0.3, -0.25) is 4.79 Å². The van der Waals surface area contributed by atoms with Crippen molar-refractivity contribution in [1.29, 1.82) is 0 Å². The molecule has 0 atom stereocenters. The second-order valence-corrected chi connectivity index (χ2v) is 12.9. The summed E-state index contributed by atoms with van der Waals surface area (Å²) in [5, 5.41) is 0. The number of para-hydroxylation sites is 2. The van der Waals surface area contributed by atoms with Gasteiger partial charge in [-0.25, -0.2) is 0 Å². The van der Waals surface area contributed by atoms with Crippen LogP contribution in [0.5, 0.6) is 0 Å². The highest BCUT2D eigenvalue weighted by atomic mass is 16.7. The molecule has 2 aliphatic rings. The number of ketones is 1. The smallest absolute Gasteiger partial charge is 0.178 e. The molecular weight excluding hydrogens is 600 g/mol. The summed E-state index contributed by atoms with van der Waals surface area (Å²) < 4.78 is 21.1. The van der Waals surface area contributed by atoms with E-state index in [0.29, 0.717) is 0 Å². The molecule has 2 aromatic rings. The topological polar surface area (TPSA) is 60.5 Å². The highest BCUT2D eigenvalue weighted by molar-refractivity contribution is 5.99. The first-order valence-corrected chi connectivity index (χ1v) is 16.6. The minimum absolute atomic E-state index is 0.0651. The lowest BCUT2D eigenvalue weighted by molar-refractivity contribution is -0.110. The molecule has 0 N–H and O–H groups in total. The number of rotatable bonds is 16. The maximum Gasteiger partial charge on any atom is 0.178 e. The van der Waals surface area contributed by atoms with Crippen LogP contribution in [0.25, 0.3) is 0 Å². The zero-order valence-electron chi connectivity index (χ0n) is 29.8. The molecule has 0 saturated heterocycles. The van der Waals surface area contributed by atoms with E-state index in [0.717, 1.165) is 37.3 Å². The normalized spacial score (nSPS) is 18.7. The van der Waals surface area contributed by atoms with E-state index in [9.17, 15) is 4.79 Å². The molecule has 0 aliphatic carbocycles. The fourth-order valence-corrected chi connectivity index (χ4v) is 6.62. The Morgan fingerprint density at radius 2 is 1.02 bits per heavy atom. The lowest BCUT2D eigenvalue weighted by atomic mass is 9.83. The van der Waals surface area contributed by atoms with Gasteiger partial charge in [0.15, 0.2) is 18.4 Å². The van der Waals surface area contributed by atoms with E-state index in [1.165, 1.54) is 22.5 Å². The van der Waals surface area contributed by atoms with Crippen LogP contribution in [0.2, 0.25) is 0 Å². The van der Waals surface area contributed by atoms with Crippen molar-refractivity contribution in [3.63, 3.8) is 0 Å². The average molecular weight is 653 g/mol. The zero-order valence-corrected chi connectivity index (χ0v) is 29.8. The lowest BCUT2D eigenvalue weighted by Gasteiger charge is -2.26. The maximum atomic E-state index is 13.1. The standard InChI is InChI=1S/C41H52N2O5/c1-40(2)32-21-9-11-23-34(32)42(29-15-13-27-38(45-5)46-6)36(40)25-17-19-31(44)20-18-26-37-41(3,4)33-22-10-12-24-35(33)43(37)30-16-14-28-39(47-7)48-8/h9-14,17-28,38-39H,15-16,29-30H2,1-8H3/b19-17+,20-18+,27-13+,28-14+,36-25+,37-26+. The van der Waals surface area contributed by atoms with Crippen molar-refractivity contribution in [2.75, 3.05) is 51.3 Å². The first kappa shape index (κ1) is 36.8. The van der Waals surface area contributed by atoms with Crippen LogP contribution < -0.4 is 9.80 Å². The van der Waals surface area contributed by atoms with E-state index in [1.807, 2.05) is 24.3 Å². The Labute approximate surface area is 287 Å². The molecule has 0 unspecified atom stereocenters. The third kappa shape index (κ3) is 8.34. The van der Waals surface area contributed by atoms with E-state index in [-0.39, 0.29) is 29.2 Å². The second-order valence-electron chi connectivity index (χ2n) is 12.9. The Morgan fingerprint density at radius 1 is 0.646 bits per heavy atom. The second kappa shape index (κ2) is 16.9. The Morgan fingerprint density at radius 3 is 1.40 bits per heavy atom. The molecule has 0 bridgehead atoms. The van der Waals surface area contributed by atoms with Gasteiger partial charge in [0.1, 0.15) is 0 Å². The highest BCUT2D eigenvalue weighted by Gasteiger charge is 2.40. The fraction of sp³-hybridized carbons (Fsp3) is 0.390. The Kier molecular flexibility index (Phi) is 13.0. The lowest BCUT2D eigenvalue weighted by Crippen LogP contribution is -2.26. The van der Waals surface area contributed by atoms with Gasteiger partial charge in [-0.2, -0.15) is 0 Å². The van der Waals surface area contributed by atoms with Crippen LogP contribution in [0.1, 0.15) is 51.7 Å². The molecule has 2 aromatic carbocycles.